The Balaban J connectivity index is 0. The van der Waals surface area contributed by atoms with Crippen LogP contribution in [0.5, 0.6) is 0 Å². The summed E-state index contributed by atoms with van der Waals surface area (Å²) in [6, 6.07) is 7.91. The van der Waals surface area contributed by atoms with E-state index in [1.54, 1.807) is 12.0 Å². The fourth-order valence-electron chi connectivity index (χ4n) is 3.25. The highest BCUT2D eigenvalue weighted by Gasteiger charge is 2.32. The lowest BCUT2D eigenvalue weighted by atomic mass is 9.96. The molecule has 12 heteroatoms. The Morgan fingerprint density at radius 1 is 1.19 bits per heavy atom. The molecule has 0 aromatic heterocycles. The third kappa shape index (κ3) is 13.5. The number of methoxy groups -OCH3 is 1. The molecule has 1 heterocycles. The third-order valence-corrected chi connectivity index (χ3v) is 4.50. The van der Waals surface area contributed by atoms with Crippen LogP contribution in [0.25, 0.3) is 0 Å². The number of benzene rings is 1. The Morgan fingerprint density at radius 2 is 1.75 bits per heavy atom. The average molecular weight is 520 g/mol. The van der Waals surface area contributed by atoms with E-state index in [4.69, 9.17) is 23.9 Å². The van der Waals surface area contributed by atoms with Gasteiger partial charge in [0.05, 0.1) is 13.2 Å². The molecular formula is C24H36F3N3O6. The van der Waals surface area contributed by atoms with Gasteiger partial charge in [-0.25, -0.2) is 0 Å². The van der Waals surface area contributed by atoms with E-state index in [2.05, 4.69) is 11.7 Å². The van der Waals surface area contributed by atoms with Crippen LogP contribution >= 0.6 is 0 Å². The summed E-state index contributed by atoms with van der Waals surface area (Å²) in [7, 11) is 5.02. The summed E-state index contributed by atoms with van der Waals surface area (Å²) in [5, 5.41) is 3.92. The molecule has 0 radical (unpaired) electrons. The highest BCUT2D eigenvalue weighted by atomic mass is 19.4. The molecule has 1 aromatic carbocycles. The minimum absolute atomic E-state index is 0.106. The van der Waals surface area contributed by atoms with E-state index in [9.17, 15) is 18.0 Å². The number of carbonyl (C=O) groups is 3. The Bertz CT molecular complexity index is 813. The molecule has 0 bridgehead atoms. The first-order chi connectivity index (χ1) is 17.0. The minimum Gasteiger partial charge on any atom is -0.480 e. The molecule has 0 spiro atoms. The number of para-hydroxylation sites is 1. The van der Waals surface area contributed by atoms with Crippen LogP contribution in [0, 0.1) is 5.92 Å². The predicted octanol–water partition coefficient (Wildman–Crippen LogP) is 3.83. The fraction of sp³-hybridized carbons (Fsp3) is 0.500. The zero-order valence-electron chi connectivity index (χ0n) is 21.5. The molecule has 9 nitrogen and oxygen atoms in total. The summed E-state index contributed by atoms with van der Waals surface area (Å²) in [4.78, 5) is 37.4. The topological polar surface area (TPSA) is 97.7 Å². The van der Waals surface area contributed by atoms with Gasteiger partial charge in [-0.1, -0.05) is 23.4 Å². The molecule has 0 N–H and O–H groups in total. The second-order valence-electron chi connectivity index (χ2n) is 7.23. The number of hydrogen-bond acceptors (Lipinski definition) is 8. The molecule has 1 aliphatic rings. The van der Waals surface area contributed by atoms with E-state index < -0.39 is 6.18 Å². The summed E-state index contributed by atoms with van der Waals surface area (Å²) in [6.45, 7) is 12.3. The van der Waals surface area contributed by atoms with Crippen LogP contribution in [0.15, 0.2) is 41.9 Å². The van der Waals surface area contributed by atoms with Gasteiger partial charge in [-0.2, -0.15) is 13.2 Å². The van der Waals surface area contributed by atoms with E-state index >= 15 is 0 Å². The van der Waals surface area contributed by atoms with E-state index in [1.165, 1.54) is 7.11 Å². The van der Waals surface area contributed by atoms with Crippen molar-refractivity contribution in [2.45, 2.75) is 33.0 Å². The zero-order valence-corrected chi connectivity index (χ0v) is 21.5. The summed E-state index contributed by atoms with van der Waals surface area (Å²) in [5.74, 6) is 0.643. The third-order valence-electron chi connectivity index (χ3n) is 4.50. The lowest BCUT2D eigenvalue weighted by Gasteiger charge is -2.34. The van der Waals surface area contributed by atoms with Crippen molar-refractivity contribution >= 4 is 30.9 Å². The average Bonchev–Trinajstić information content (AvgIpc) is 2.84. The van der Waals surface area contributed by atoms with Crippen LogP contribution in [0.4, 0.5) is 18.9 Å². The molecule has 1 aliphatic heterocycles. The van der Waals surface area contributed by atoms with Crippen molar-refractivity contribution in [3.05, 3.63) is 42.3 Å². The lowest BCUT2D eigenvalue weighted by Crippen LogP contribution is -2.46. The maximum atomic E-state index is 12.8. The molecule has 1 aromatic rings. The summed E-state index contributed by atoms with van der Waals surface area (Å²) < 4.78 is 41.9. The van der Waals surface area contributed by atoms with Gasteiger partial charge in [0.15, 0.2) is 5.88 Å². The first-order valence-electron chi connectivity index (χ1n) is 10.7. The number of oxime groups is 1. The van der Waals surface area contributed by atoms with Gasteiger partial charge in [0.2, 0.25) is 0 Å². The van der Waals surface area contributed by atoms with Crippen molar-refractivity contribution in [1.82, 2.24) is 4.90 Å². The molecule has 1 saturated heterocycles. The second kappa shape index (κ2) is 18.9. The summed E-state index contributed by atoms with van der Waals surface area (Å²) in [5.41, 5.74) is 2.38. The molecule has 1 fully saturated rings. The van der Waals surface area contributed by atoms with Gasteiger partial charge < -0.3 is 33.7 Å². The number of alkyl halides is 3. The molecule has 2 rings (SSSR count). The Kier molecular flexibility index (Phi) is 18.2. The number of nitrogens with zero attached hydrogens (tertiary/aromatic N) is 3. The SMILES string of the molecule is C=C(OCC)N(C)c1ccccc1CN1CC(COC)C/C(=N\OC)C1=O.C=O.C=O.CC(F)(F)F. The van der Waals surface area contributed by atoms with Crippen molar-refractivity contribution in [3.63, 3.8) is 0 Å². The van der Waals surface area contributed by atoms with E-state index in [0.29, 0.717) is 44.3 Å². The normalized spacial score (nSPS) is 15.8. The van der Waals surface area contributed by atoms with Gasteiger partial charge in [0, 0.05) is 52.2 Å². The lowest BCUT2D eigenvalue weighted by molar-refractivity contribution is -0.127. The molecule has 0 saturated carbocycles. The smallest absolute Gasteiger partial charge is 0.386 e. The van der Waals surface area contributed by atoms with Crippen molar-refractivity contribution in [3.8, 4) is 0 Å². The fourth-order valence-corrected chi connectivity index (χ4v) is 3.25. The van der Waals surface area contributed by atoms with Crippen LogP contribution < -0.4 is 4.90 Å². The summed E-state index contributed by atoms with van der Waals surface area (Å²) >= 11 is 0. The maximum Gasteiger partial charge on any atom is 0.386 e. The molecule has 1 amide bonds. The van der Waals surface area contributed by atoms with E-state index in [1.807, 2.05) is 56.7 Å². The molecule has 204 valence electrons. The number of likely N-dealkylation sites (tertiary alicyclic amines) is 1. The van der Waals surface area contributed by atoms with Gasteiger partial charge in [0.25, 0.3) is 5.91 Å². The van der Waals surface area contributed by atoms with Crippen molar-refractivity contribution in [2.24, 2.45) is 11.1 Å². The summed E-state index contributed by atoms with van der Waals surface area (Å²) in [6.07, 6.45) is -3.44. The maximum absolute atomic E-state index is 12.8. The van der Waals surface area contributed by atoms with Gasteiger partial charge in [-0.3, -0.25) is 4.79 Å². The molecule has 36 heavy (non-hydrogen) atoms. The first-order valence-corrected chi connectivity index (χ1v) is 10.7. The second-order valence-corrected chi connectivity index (χ2v) is 7.23. The quantitative estimate of drug-likeness (QED) is 0.361. The molecule has 1 unspecified atom stereocenters. The monoisotopic (exact) mass is 519 g/mol. The number of ether oxygens (including phenoxy) is 2. The number of rotatable bonds is 9. The minimum atomic E-state index is -4.00. The number of hydrogen-bond donors (Lipinski definition) is 0. The Morgan fingerprint density at radius 3 is 2.25 bits per heavy atom. The molecule has 0 aliphatic carbocycles. The first kappa shape index (κ1) is 34.8. The van der Waals surface area contributed by atoms with Crippen molar-refractivity contribution < 1.29 is 41.9 Å². The highest BCUT2D eigenvalue weighted by molar-refractivity contribution is 6.39. The van der Waals surface area contributed by atoms with Crippen LogP contribution in [0.3, 0.4) is 0 Å². The zero-order chi connectivity index (χ0) is 28.3. The van der Waals surface area contributed by atoms with Crippen LogP contribution in [-0.4, -0.2) is 77.3 Å². The van der Waals surface area contributed by atoms with Crippen LogP contribution in [-0.2, 0) is 35.2 Å². The number of anilines is 1. The van der Waals surface area contributed by atoms with Gasteiger partial charge in [0.1, 0.15) is 26.4 Å². The van der Waals surface area contributed by atoms with Crippen molar-refractivity contribution in [1.29, 1.82) is 0 Å². The predicted molar refractivity (Wildman–Crippen MR) is 131 cm³/mol. The van der Waals surface area contributed by atoms with E-state index in [0.717, 1.165) is 11.3 Å². The molecule has 1 atom stereocenters. The number of piperidine rings is 1. The number of amides is 1. The van der Waals surface area contributed by atoms with Crippen molar-refractivity contribution in [2.75, 3.05) is 45.9 Å². The Hall–Kier alpha value is -3.41. The Labute approximate surface area is 210 Å². The van der Waals surface area contributed by atoms with Crippen LogP contribution in [0.1, 0.15) is 25.8 Å². The van der Waals surface area contributed by atoms with Gasteiger partial charge >= 0.3 is 6.18 Å². The van der Waals surface area contributed by atoms with Crippen LogP contribution in [0.2, 0.25) is 0 Å². The molecular weight excluding hydrogens is 483 g/mol. The highest BCUT2D eigenvalue weighted by Crippen LogP contribution is 2.26. The number of carbonyl (C=O) groups excluding carboxylic acids is 3. The standard InChI is InChI=1S/C20H29N3O4.C2H3F3.2CH2O/c1-6-27-15(2)22(3)19-10-8-7-9-17(19)13-23-12-16(14-25-4)11-18(20(23)24)21-26-5;1-2(3,4)5;2*1-2/h7-10,16H,2,6,11-14H2,1,3-5H3;1H3;2*1H2/b21-18+;;;. The van der Waals surface area contributed by atoms with Gasteiger partial charge in [-0.05, 0) is 25.1 Å². The number of halogens is 3. The van der Waals surface area contributed by atoms with Gasteiger partial charge in [-0.15, -0.1) is 0 Å². The largest absolute Gasteiger partial charge is 0.480 e. The van der Waals surface area contributed by atoms with E-state index in [-0.39, 0.29) is 18.7 Å².